The predicted molar refractivity (Wildman–Crippen MR) is 158 cm³/mol. The Balaban J connectivity index is 0.000000920. The molecule has 0 amide bonds. The summed E-state index contributed by atoms with van der Waals surface area (Å²) in [5.74, 6) is 0. The van der Waals surface area contributed by atoms with Crippen LogP contribution in [0.1, 0.15) is 55.4 Å². The van der Waals surface area contributed by atoms with E-state index < -0.39 is 42.0 Å². The number of hydrogen-bond acceptors (Lipinski definition) is 0. The minimum absolute atomic E-state index is 0.528. The van der Waals surface area contributed by atoms with E-state index in [1.165, 1.54) is 42.0 Å². The van der Waals surface area contributed by atoms with Crippen LogP contribution in [0.4, 0.5) is 0 Å². The van der Waals surface area contributed by atoms with Crippen molar-refractivity contribution in [1.82, 2.24) is 0 Å². The molecule has 0 aliphatic rings. The number of benzene rings is 2. The van der Waals surface area contributed by atoms with Gasteiger partial charge in [0.25, 0.3) is 0 Å². The Kier molecular flexibility index (Phi) is 16.4. The zero-order chi connectivity index (χ0) is 24.0. The fourth-order valence-electron chi connectivity index (χ4n) is 4.99. The molecule has 0 saturated heterocycles. The van der Waals surface area contributed by atoms with Gasteiger partial charge in [0.05, 0.1) is 0 Å². The molecular weight excluding hydrogens is 627 g/mol. The van der Waals surface area contributed by atoms with Crippen LogP contribution < -0.4 is 17.6 Å². The third-order valence-corrected chi connectivity index (χ3v) is 35.5. The standard InChI is InChI=1S/C24H38Ge3.C4H10Ge/c1-7-25(8-2)21-17-13-14-18-22(21)26(9-3)23-19-15-16-20-24(23)27(10-4,11-5)12-6;1-3-5-4-2/h13-20H,7-12H2,1-6H3;3-4H2,1-2H3. The second-order valence-electron chi connectivity index (χ2n) is 8.53. The van der Waals surface area contributed by atoms with E-state index in [4.69, 9.17) is 0 Å². The summed E-state index contributed by atoms with van der Waals surface area (Å²) in [5.41, 5.74) is 0. The monoisotopic (exact) mass is 680 g/mol. The molecule has 0 fully saturated rings. The van der Waals surface area contributed by atoms with Crippen molar-refractivity contribution in [3.63, 3.8) is 0 Å². The summed E-state index contributed by atoms with van der Waals surface area (Å²) in [7, 11) is 0. The minimum atomic E-state index is -1.95. The van der Waals surface area contributed by atoms with Gasteiger partial charge >= 0.3 is 221 Å². The van der Waals surface area contributed by atoms with Gasteiger partial charge in [0.15, 0.2) is 0 Å². The molecule has 0 aliphatic carbocycles. The molecule has 0 aliphatic heterocycles. The topological polar surface area (TPSA) is 0 Å². The summed E-state index contributed by atoms with van der Waals surface area (Å²) in [6, 6.07) is 19.4. The van der Waals surface area contributed by atoms with E-state index in [1.807, 2.05) is 17.6 Å². The van der Waals surface area contributed by atoms with Gasteiger partial charge in [-0.15, -0.1) is 0 Å². The van der Waals surface area contributed by atoms with Crippen LogP contribution in [-0.4, -0.2) is 57.4 Å². The van der Waals surface area contributed by atoms with Gasteiger partial charge in [0.1, 0.15) is 0 Å². The molecule has 0 heterocycles. The van der Waals surface area contributed by atoms with Crippen LogP contribution in [0.3, 0.4) is 0 Å². The molecule has 0 nitrogen and oxygen atoms in total. The van der Waals surface area contributed by atoms with Gasteiger partial charge in [-0.25, -0.2) is 0 Å². The Morgan fingerprint density at radius 1 is 0.594 bits per heavy atom. The second-order valence-corrected chi connectivity index (χ2v) is 35.9. The molecule has 0 N–H and O–H groups in total. The molecule has 0 unspecified atom stereocenters. The Hall–Kier alpha value is 0.611. The number of rotatable bonds is 12. The van der Waals surface area contributed by atoms with Crippen LogP contribution in [0, 0.1) is 0 Å². The molecular formula is C28H48Ge4. The van der Waals surface area contributed by atoms with Gasteiger partial charge in [-0.1, -0.05) is 0 Å². The van der Waals surface area contributed by atoms with Crippen LogP contribution in [0.25, 0.3) is 0 Å². The van der Waals surface area contributed by atoms with Crippen LogP contribution in [0.15, 0.2) is 48.5 Å². The van der Waals surface area contributed by atoms with E-state index >= 15 is 0 Å². The molecule has 176 valence electrons. The van der Waals surface area contributed by atoms with Crippen LogP contribution in [0.2, 0.25) is 42.0 Å². The molecule has 4 heteroatoms. The fraction of sp³-hybridized carbons (Fsp3) is 0.571. The van der Waals surface area contributed by atoms with Crippen molar-refractivity contribution < 1.29 is 0 Å². The van der Waals surface area contributed by atoms with Gasteiger partial charge in [-0.05, 0) is 0 Å². The average Bonchev–Trinajstić information content (AvgIpc) is 2.84. The maximum atomic E-state index is 2.55. The quantitative estimate of drug-likeness (QED) is 0.231. The zero-order valence-electron chi connectivity index (χ0n) is 22.3. The zero-order valence-corrected chi connectivity index (χ0v) is 30.7. The van der Waals surface area contributed by atoms with E-state index in [0.717, 1.165) is 0 Å². The molecule has 0 spiro atoms. The second kappa shape index (κ2) is 17.1. The molecule has 0 atom stereocenters. The van der Waals surface area contributed by atoms with Gasteiger partial charge in [-0.2, -0.15) is 0 Å². The molecule has 0 bridgehead atoms. The molecule has 2 aromatic rings. The first-order valence-electron chi connectivity index (χ1n) is 13.1. The summed E-state index contributed by atoms with van der Waals surface area (Å²) in [4.78, 5) is 0. The Morgan fingerprint density at radius 2 is 1.06 bits per heavy atom. The molecule has 2 aromatic carbocycles. The Labute approximate surface area is 219 Å². The van der Waals surface area contributed by atoms with E-state index in [0.29, 0.717) is 15.4 Å². The van der Waals surface area contributed by atoms with Gasteiger partial charge in [0, 0.05) is 0 Å². The molecule has 2 rings (SSSR count). The van der Waals surface area contributed by atoms with Crippen molar-refractivity contribution in [2.45, 2.75) is 97.4 Å². The van der Waals surface area contributed by atoms with Crippen LogP contribution in [-0.2, 0) is 0 Å². The van der Waals surface area contributed by atoms with E-state index in [1.54, 1.807) is 0 Å². The van der Waals surface area contributed by atoms with E-state index in [-0.39, 0.29) is 0 Å². The summed E-state index contributed by atoms with van der Waals surface area (Å²) in [6.07, 6.45) is 0. The average molecular weight is 675 g/mol. The third-order valence-electron chi connectivity index (χ3n) is 7.19. The number of hydrogen-bond donors (Lipinski definition) is 0. The summed E-state index contributed by atoms with van der Waals surface area (Å²) < 4.78 is 7.36. The van der Waals surface area contributed by atoms with Gasteiger partial charge in [-0.3, -0.25) is 0 Å². The Morgan fingerprint density at radius 3 is 1.47 bits per heavy atom. The van der Waals surface area contributed by atoms with Crippen molar-refractivity contribution >= 4 is 75.0 Å². The van der Waals surface area contributed by atoms with Crippen LogP contribution >= 0.6 is 0 Å². The Bertz CT molecular complexity index is 740. The third kappa shape index (κ3) is 8.09. The van der Waals surface area contributed by atoms with Crippen molar-refractivity contribution in [3.05, 3.63) is 48.5 Å². The maximum absolute atomic E-state index is 2.55. The first-order chi connectivity index (χ1) is 15.5. The van der Waals surface area contributed by atoms with Crippen molar-refractivity contribution in [1.29, 1.82) is 0 Å². The predicted octanol–water partition coefficient (Wildman–Crippen LogP) is 6.34. The van der Waals surface area contributed by atoms with E-state index in [9.17, 15) is 0 Å². The molecule has 4 radical (unpaired) electrons. The first-order valence-corrected chi connectivity index (χ1v) is 29.2. The summed E-state index contributed by atoms with van der Waals surface area (Å²) in [6.45, 7) is 19.3. The first kappa shape index (κ1) is 30.6. The van der Waals surface area contributed by atoms with Crippen molar-refractivity contribution in [2.75, 3.05) is 0 Å². The normalized spacial score (nSPS) is 11.6. The molecule has 32 heavy (non-hydrogen) atoms. The summed E-state index contributed by atoms with van der Waals surface area (Å²) in [5, 5.41) is 11.5. The SMILES string of the molecule is C[CH2][Ge]([CH2]C)[c]1cccc[c]1[Ge]([CH2]C)[c]1cccc[c]1[Ge]([CH2]C)([CH2]C)[CH2]C.C[CH2][Ge][CH2]C. The van der Waals surface area contributed by atoms with Crippen LogP contribution in [0.5, 0.6) is 0 Å². The fourth-order valence-corrected chi connectivity index (χ4v) is 31.5. The van der Waals surface area contributed by atoms with Crippen molar-refractivity contribution in [3.8, 4) is 0 Å². The molecule has 0 aromatic heterocycles. The molecule has 0 saturated carbocycles. The van der Waals surface area contributed by atoms with Gasteiger partial charge in [0.2, 0.25) is 0 Å². The van der Waals surface area contributed by atoms with Crippen molar-refractivity contribution in [2.24, 2.45) is 0 Å². The van der Waals surface area contributed by atoms with E-state index in [2.05, 4.69) is 104 Å². The van der Waals surface area contributed by atoms with Gasteiger partial charge < -0.3 is 0 Å². The summed E-state index contributed by atoms with van der Waals surface area (Å²) >= 11 is -4.03.